The lowest BCUT2D eigenvalue weighted by Crippen LogP contribution is -2.11. The first kappa shape index (κ1) is 15.2. The van der Waals surface area contributed by atoms with Crippen LogP contribution in [0, 0.1) is 0 Å². The fraction of sp³-hybridized carbons (Fsp3) is 0.250. The zero-order valence-electron chi connectivity index (χ0n) is 12.0. The van der Waals surface area contributed by atoms with Crippen molar-refractivity contribution in [2.45, 2.75) is 4.58 Å². The molecule has 0 spiro atoms. The molecule has 1 aromatic heterocycles. The van der Waals surface area contributed by atoms with E-state index in [2.05, 4.69) is 4.98 Å². The van der Waals surface area contributed by atoms with Crippen molar-refractivity contribution in [1.29, 1.82) is 0 Å². The van der Waals surface area contributed by atoms with Crippen molar-refractivity contribution < 1.29 is 14.3 Å². The minimum Gasteiger partial charge on any atom is -0.493 e. The maximum Gasteiger partial charge on any atom is 0.362 e. The molecule has 22 heavy (non-hydrogen) atoms. The molecule has 0 aliphatic carbocycles. The minimum atomic E-state index is -0.490. The summed E-state index contributed by atoms with van der Waals surface area (Å²) < 4.78 is 11.2. The number of aromatic nitrogens is 1. The van der Waals surface area contributed by atoms with E-state index in [1.807, 2.05) is 35.7 Å². The molecule has 1 aliphatic heterocycles. The first-order valence-electron chi connectivity index (χ1n) is 6.82. The lowest BCUT2D eigenvalue weighted by Gasteiger charge is -2.13. The quantitative estimate of drug-likeness (QED) is 0.627. The van der Waals surface area contributed by atoms with Gasteiger partial charge in [-0.25, -0.2) is 9.78 Å². The predicted octanol–water partition coefficient (Wildman–Crippen LogP) is 3.79. The second kappa shape index (κ2) is 7.07. The molecular formula is C16H15NO3S2. The molecule has 0 N–H and O–H groups in total. The molecule has 0 saturated carbocycles. The maximum atomic E-state index is 12.1. The van der Waals surface area contributed by atoms with E-state index >= 15 is 0 Å². The van der Waals surface area contributed by atoms with Crippen LogP contribution in [0.5, 0.6) is 11.5 Å². The number of hydrogen-bond donors (Lipinski definition) is 0. The van der Waals surface area contributed by atoms with E-state index in [9.17, 15) is 4.79 Å². The molecule has 0 bridgehead atoms. The van der Waals surface area contributed by atoms with Gasteiger partial charge in [0.15, 0.2) is 11.5 Å². The summed E-state index contributed by atoms with van der Waals surface area (Å²) >= 11 is 3.84. The summed E-state index contributed by atoms with van der Waals surface area (Å²) in [6, 6.07) is 10.8. The van der Waals surface area contributed by atoms with E-state index in [4.69, 9.17) is 9.47 Å². The molecular weight excluding hydrogens is 318 g/mol. The Labute approximate surface area is 137 Å². The van der Waals surface area contributed by atoms with Gasteiger partial charge in [0.05, 0.1) is 11.7 Å². The van der Waals surface area contributed by atoms with Crippen molar-refractivity contribution in [3.8, 4) is 11.5 Å². The molecule has 0 amide bonds. The molecule has 114 valence electrons. The number of pyridine rings is 1. The van der Waals surface area contributed by atoms with Crippen LogP contribution >= 0.6 is 23.5 Å². The number of carbonyl (C=O) groups excluding carboxylic acids is 1. The standard InChI is InChI=1S/C16H15NO3S2/c1-19-14-10-11(16-21-8-9-22-16)5-6-13(14)20-15(18)12-4-2-3-7-17-12/h2-7,10,16H,8-9H2,1H3. The molecule has 0 radical (unpaired) electrons. The number of methoxy groups -OCH3 is 1. The van der Waals surface area contributed by atoms with Gasteiger partial charge in [-0.15, -0.1) is 23.5 Å². The van der Waals surface area contributed by atoms with E-state index in [1.165, 1.54) is 5.56 Å². The summed E-state index contributed by atoms with van der Waals surface area (Å²) in [6.45, 7) is 0. The number of nitrogens with zero attached hydrogens (tertiary/aromatic N) is 1. The molecule has 2 heterocycles. The van der Waals surface area contributed by atoms with Gasteiger partial charge in [0, 0.05) is 17.7 Å². The van der Waals surface area contributed by atoms with Gasteiger partial charge in [-0.05, 0) is 29.8 Å². The molecule has 0 atom stereocenters. The first-order chi connectivity index (χ1) is 10.8. The van der Waals surface area contributed by atoms with Crippen molar-refractivity contribution in [2.75, 3.05) is 18.6 Å². The number of carbonyl (C=O) groups is 1. The van der Waals surface area contributed by atoms with Crippen LogP contribution in [0.2, 0.25) is 0 Å². The summed E-state index contributed by atoms with van der Waals surface area (Å²) in [6.07, 6.45) is 1.56. The predicted molar refractivity (Wildman–Crippen MR) is 89.8 cm³/mol. The Kier molecular flexibility index (Phi) is 4.90. The van der Waals surface area contributed by atoms with Crippen molar-refractivity contribution in [3.63, 3.8) is 0 Å². The molecule has 0 unspecified atom stereocenters. The molecule has 6 heteroatoms. The molecule has 1 saturated heterocycles. The zero-order valence-corrected chi connectivity index (χ0v) is 13.7. The van der Waals surface area contributed by atoms with Gasteiger partial charge in [0.25, 0.3) is 0 Å². The van der Waals surface area contributed by atoms with Crippen molar-refractivity contribution in [1.82, 2.24) is 4.98 Å². The highest BCUT2D eigenvalue weighted by Gasteiger charge is 2.21. The van der Waals surface area contributed by atoms with Crippen molar-refractivity contribution in [3.05, 3.63) is 53.9 Å². The molecule has 3 rings (SSSR count). The minimum absolute atomic E-state index is 0.274. The first-order valence-corrected chi connectivity index (χ1v) is 8.92. The highest BCUT2D eigenvalue weighted by Crippen LogP contribution is 2.46. The van der Waals surface area contributed by atoms with Gasteiger partial charge in [0.2, 0.25) is 0 Å². The third-order valence-electron chi connectivity index (χ3n) is 3.16. The number of thioether (sulfide) groups is 2. The Hall–Kier alpha value is -1.66. The van der Waals surface area contributed by atoms with Gasteiger partial charge in [0.1, 0.15) is 5.69 Å². The summed E-state index contributed by atoms with van der Waals surface area (Å²) in [4.78, 5) is 16.1. The van der Waals surface area contributed by atoms with Crippen LogP contribution in [-0.4, -0.2) is 29.6 Å². The fourth-order valence-electron chi connectivity index (χ4n) is 2.10. The smallest absolute Gasteiger partial charge is 0.362 e. The van der Waals surface area contributed by atoms with E-state index in [0.29, 0.717) is 16.1 Å². The second-order valence-electron chi connectivity index (χ2n) is 4.59. The van der Waals surface area contributed by atoms with Crippen LogP contribution < -0.4 is 9.47 Å². The second-order valence-corrected chi connectivity index (χ2v) is 7.31. The Bertz CT molecular complexity index is 658. The number of esters is 1. The van der Waals surface area contributed by atoms with Crippen LogP contribution in [0.1, 0.15) is 20.6 Å². The molecule has 4 nitrogen and oxygen atoms in total. The van der Waals surface area contributed by atoms with E-state index in [-0.39, 0.29) is 5.69 Å². The molecule has 2 aromatic rings. The van der Waals surface area contributed by atoms with Crippen LogP contribution in [0.4, 0.5) is 0 Å². The number of rotatable bonds is 4. The monoisotopic (exact) mass is 333 g/mol. The zero-order chi connectivity index (χ0) is 15.4. The third kappa shape index (κ3) is 3.39. The van der Waals surface area contributed by atoms with E-state index in [0.717, 1.165) is 11.5 Å². The highest BCUT2D eigenvalue weighted by atomic mass is 32.2. The topological polar surface area (TPSA) is 48.4 Å². The number of benzene rings is 1. The Morgan fingerprint density at radius 2 is 2.00 bits per heavy atom. The molecule has 1 aliphatic rings. The van der Waals surface area contributed by atoms with Crippen molar-refractivity contribution >= 4 is 29.5 Å². The molecule has 1 aromatic carbocycles. The van der Waals surface area contributed by atoms with Gasteiger partial charge in [-0.3, -0.25) is 0 Å². The average molecular weight is 333 g/mol. The Balaban J connectivity index is 1.80. The molecule has 1 fully saturated rings. The third-order valence-corrected chi connectivity index (χ3v) is 6.26. The number of hydrogen-bond acceptors (Lipinski definition) is 6. The number of ether oxygens (including phenoxy) is 2. The van der Waals surface area contributed by atoms with E-state index in [1.54, 1.807) is 37.6 Å². The highest BCUT2D eigenvalue weighted by molar-refractivity contribution is 8.19. The van der Waals surface area contributed by atoms with Crippen LogP contribution in [0.3, 0.4) is 0 Å². The lowest BCUT2D eigenvalue weighted by molar-refractivity contribution is 0.0723. The van der Waals surface area contributed by atoms with Crippen LogP contribution in [0.25, 0.3) is 0 Å². The van der Waals surface area contributed by atoms with Crippen molar-refractivity contribution in [2.24, 2.45) is 0 Å². The van der Waals surface area contributed by atoms with Crippen LogP contribution in [0.15, 0.2) is 42.6 Å². The summed E-state index contributed by atoms with van der Waals surface area (Å²) in [7, 11) is 1.58. The van der Waals surface area contributed by atoms with Gasteiger partial charge in [-0.2, -0.15) is 0 Å². The maximum absolute atomic E-state index is 12.1. The summed E-state index contributed by atoms with van der Waals surface area (Å²) in [5.41, 5.74) is 1.46. The van der Waals surface area contributed by atoms with Crippen LogP contribution in [-0.2, 0) is 0 Å². The Morgan fingerprint density at radius 3 is 2.68 bits per heavy atom. The fourth-order valence-corrected chi connectivity index (χ4v) is 4.94. The largest absolute Gasteiger partial charge is 0.493 e. The lowest BCUT2D eigenvalue weighted by atomic mass is 10.2. The Morgan fingerprint density at radius 1 is 1.18 bits per heavy atom. The summed E-state index contributed by atoms with van der Waals surface area (Å²) in [5, 5.41) is 0. The average Bonchev–Trinajstić information content (AvgIpc) is 3.10. The normalized spacial score (nSPS) is 14.8. The van der Waals surface area contributed by atoms with E-state index < -0.39 is 5.97 Å². The SMILES string of the molecule is COc1cc(C2SCCS2)ccc1OC(=O)c1ccccn1. The van der Waals surface area contributed by atoms with Gasteiger partial charge < -0.3 is 9.47 Å². The van der Waals surface area contributed by atoms with Gasteiger partial charge in [-0.1, -0.05) is 12.1 Å². The van der Waals surface area contributed by atoms with Gasteiger partial charge >= 0.3 is 5.97 Å². The summed E-state index contributed by atoms with van der Waals surface area (Å²) in [5.74, 6) is 2.81.